The molecule has 0 bridgehead atoms. The fourth-order valence-corrected chi connectivity index (χ4v) is 3.74. The van der Waals surface area contributed by atoms with Crippen molar-refractivity contribution in [1.82, 2.24) is 4.90 Å². The standard InChI is InChI=1S/C25H35NO3/c1-20(27)29-24(15-8-7-12-21-10-5-4-6-11-21)17-16-22-13-9-14-23(18-22)19-25(28)26(2)3/h4-6,10-11,16-17,19,22,24H,7-9,12-15,18H2,1-3H3/b17-16+,23-19-/t22-,24-/m1/s1. The molecule has 0 saturated heterocycles. The number of ether oxygens (including phenoxy) is 1. The molecule has 0 unspecified atom stereocenters. The zero-order valence-corrected chi connectivity index (χ0v) is 18.1. The van der Waals surface area contributed by atoms with Crippen LogP contribution in [0.2, 0.25) is 0 Å². The minimum Gasteiger partial charge on any atom is -0.458 e. The highest BCUT2D eigenvalue weighted by molar-refractivity contribution is 5.87. The summed E-state index contributed by atoms with van der Waals surface area (Å²) in [5.41, 5.74) is 2.57. The number of allylic oxidation sites excluding steroid dienone is 2. The van der Waals surface area contributed by atoms with Gasteiger partial charge in [-0.25, -0.2) is 0 Å². The Balaban J connectivity index is 1.85. The van der Waals surface area contributed by atoms with Crippen molar-refractivity contribution >= 4 is 11.9 Å². The SMILES string of the molecule is CC(=O)O[C@@H](/C=C/[C@H]1CCC/C(=C/C(=O)N(C)C)C1)CCCCc1ccccc1. The smallest absolute Gasteiger partial charge is 0.303 e. The Morgan fingerprint density at radius 1 is 1.21 bits per heavy atom. The first-order valence-electron chi connectivity index (χ1n) is 10.7. The molecule has 0 aliphatic heterocycles. The minimum atomic E-state index is -0.233. The van der Waals surface area contributed by atoms with Crippen molar-refractivity contribution in [2.75, 3.05) is 14.1 Å². The van der Waals surface area contributed by atoms with Crippen molar-refractivity contribution in [2.45, 2.75) is 64.4 Å². The Labute approximate surface area is 175 Å². The van der Waals surface area contributed by atoms with E-state index in [4.69, 9.17) is 4.74 Å². The van der Waals surface area contributed by atoms with Crippen molar-refractivity contribution in [3.05, 3.63) is 59.7 Å². The number of esters is 1. The van der Waals surface area contributed by atoms with Crippen LogP contribution in [0.15, 0.2) is 54.1 Å². The molecule has 2 rings (SSSR count). The van der Waals surface area contributed by atoms with Crippen LogP contribution in [0, 0.1) is 5.92 Å². The Hall–Kier alpha value is -2.36. The minimum absolute atomic E-state index is 0.0563. The van der Waals surface area contributed by atoms with Crippen molar-refractivity contribution in [1.29, 1.82) is 0 Å². The molecule has 0 heterocycles. The van der Waals surface area contributed by atoms with E-state index in [1.54, 1.807) is 25.1 Å². The summed E-state index contributed by atoms with van der Waals surface area (Å²) in [6.07, 6.45) is 14.0. The zero-order chi connectivity index (χ0) is 21.1. The molecular weight excluding hydrogens is 362 g/mol. The molecule has 4 nitrogen and oxygen atoms in total. The predicted molar refractivity (Wildman–Crippen MR) is 117 cm³/mol. The third-order valence-corrected chi connectivity index (χ3v) is 5.33. The van der Waals surface area contributed by atoms with E-state index in [2.05, 4.69) is 36.4 Å². The topological polar surface area (TPSA) is 46.6 Å². The number of amides is 1. The van der Waals surface area contributed by atoms with E-state index in [1.807, 2.05) is 6.07 Å². The molecule has 1 aliphatic carbocycles. The van der Waals surface area contributed by atoms with Gasteiger partial charge in [-0.3, -0.25) is 9.59 Å². The zero-order valence-electron chi connectivity index (χ0n) is 18.1. The van der Waals surface area contributed by atoms with Crippen LogP contribution < -0.4 is 0 Å². The Kier molecular flexibility index (Phi) is 9.69. The van der Waals surface area contributed by atoms with Crippen LogP contribution in [0.3, 0.4) is 0 Å². The van der Waals surface area contributed by atoms with Crippen LogP contribution in [0.4, 0.5) is 0 Å². The lowest BCUT2D eigenvalue weighted by Gasteiger charge is -2.22. The molecule has 1 fully saturated rings. The molecule has 1 aromatic rings. The first-order chi connectivity index (χ1) is 13.9. The molecule has 2 atom stereocenters. The molecule has 4 heteroatoms. The maximum atomic E-state index is 11.9. The van der Waals surface area contributed by atoms with Gasteiger partial charge in [0, 0.05) is 27.1 Å². The average molecular weight is 398 g/mol. The summed E-state index contributed by atoms with van der Waals surface area (Å²) in [6.45, 7) is 1.47. The first kappa shape index (κ1) is 22.9. The van der Waals surface area contributed by atoms with Gasteiger partial charge in [0.2, 0.25) is 5.91 Å². The quantitative estimate of drug-likeness (QED) is 0.252. The molecule has 1 saturated carbocycles. The number of nitrogens with zero attached hydrogens (tertiary/aromatic N) is 1. The van der Waals surface area contributed by atoms with E-state index in [9.17, 15) is 9.59 Å². The number of hydrogen-bond acceptors (Lipinski definition) is 3. The number of carbonyl (C=O) groups excluding carboxylic acids is 2. The number of likely N-dealkylation sites (N-methyl/N-ethyl adjacent to an activating group) is 1. The number of carbonyl (C=O) groups is 2. The molecule has 29 heavy (non-hydrogen) atoms. The Morgan fingerprint density at radius 2 is 1.97 bits per heavy atom. The summed E-state index contributed by atoms with van der Waals surface area (Å²) in [7, 11) is 3.56. The van der Waals surface area contributed by atoms with Gasteiger partial charge in [-0.15, -0.1) is 0 Å². The van der Waals surface area contributed by atoms with Crippen LogP contribution >= 0.6 is 0 Å². The molecule has 158 valence electrons. The summed E-state index contributed by atoms with van der Waals surface area (Å²) >= 11 is 0. The number of rotatable bonds is 9. The van der Waals surface area contributed by atoms with Crippen LogP contribution in [-0.2, 0) is 20.7 Å². The summed E-state index contributed by atoms with van der Waals surface area (Å²) in [5, 5.41) is 0. The summed E-state index contributed by atoms with van der Waals surface area (Å²) < 4.78 is 5.52. The second-order valence-corrected chi connectivity index (χ2v) is 8.16. The summed E-state index contributed by atoms with van der Waals surface area (Å²) in [4.78, 5) is 25.0. The van der Waals surface area contributed by atoms with Gasteiger partial charge in [0.1, 0.15) is 6.10 Å². The Bertz CT molecular complexity index is 706. The van der Waals surface area contributed by atoms with E-state index in [0.29, 0.717) is 5.92 Å². The lowest BCUT2D eigenvalue weighted by Crippen LogP contribution is -2.20. The predicted octanol–water partition coefficient (Wildman–Crippen LogP) is 5.09. The summed E-state index contributed by atoms with van der Waals surface area (Å²) in [5.74, 6) is 0.233. The monoisotopic (exact) mass is 397 g/mol. The van der Waals surface area contributed by atoms with E-state index >= 15 is 0 Å². The molecule has 0 aromatic heterocycles. The van der Waals surface area contributed by atoms with Gasteiger partial charge in [0.05, 0.1) is 0 Å². The van der Waals surface area contributed by atoms with Crippen LogP contribution in [0.25, 0.3) is 0 Å². The van der Waals surface area contributed by atoms with Crippen molar-refractivity contribution in [3.8, 4) is 0 Å². The van der Waals surface area contributed by atoms with Gasteiger partial charge in [-0.05, 0) is 68.9 Å². The highest BCUT2D eigenvalue weighted by Crippen LogP contribution is 2.29. The third kappa shape index (κ3) is 9.12. The fourth-order valence-electron chi connectivity index (χ4n) is 3.74. The number of benzene rings is 1. The van der Waals surface area contributed by atoms with Crippen LogP contribution in [0.1, 0.15) is 57.4 Å². The van der Waals surface area contributed by atoms with Crippen LogP contribution in [0.5, 0.6) is 0 Å². The third-order valence-electron chi connectivity index (χ3n) is 5.33. The van der Waals surface area contributed by atoms with E-state index in [0.717, 1.165) is 51.4 Å². The number of aryl methyl sites for hydroxylation is 1. The van der Waals surface area contributed by atoms with Gasteiger partial charge in [-0.2, -0.15) is 0 Å². The lowest BCUT2D eigenvalue weighted by atomic mass is 9.84. The molecule has 1 amide bonds. The Morgan fingerprint density at radius 3 is 2.66 bits per heavy atom. The van der Waals surface area contributed by atoms with E-state index in [1.165, 1.54) is 18.1 Å². The van der Waals surface area contributed by atoms with Crippen molar-refractivity contribution in [2.24, 2.45) is 5.92 Å². The van der Waals surface area contributed by atoms with E-state index in [-0.39, 0.29) is 18.0 Å². The molecule has 0 N–H and O–H groups in total. The van der Waals surface area contributed by atoms with Crippen LogP contribution in [-0.4, -0.2) is 37.0 Å². The maximum Gasteiger partial charge on any atom is 0.303 e. The van der Waals surface area contributed by atoms with Gasteiger partial charge < -0.3 is 9.64 Å². The second kappa shape index (κ2) is 12.3. The van der Waals surface area contributed by atoms with E-state index < -0.39 is 0 Å². The molecule has 0 radical (unpaired) electrons. The molecule has 1 aromatic carbocycles. The fraction of sp³-hybridized carbons (Fsp3) is 0.520. The normalized spacial score (nSPS) is 19.3. The first-order valence-corrected chi connectivity index (χ1v) is 10.7. The number of hydrogen-bond donors (Lipinski definition) is 0. The highest BCUT2D eigenvalue weighted by atomic mass is 16.5. The largest absolute Gasteiger partial charge is 0.458 e. The maximum absolute atomic E-state index is 11.9. The molecule has 0 spiro atoms. The van der Waals surface area contributed by atoms with Gasteiger partial charge in [-0.1, -0.05) is 42.0 Å². The average Bonchev–Trinajstić information content (AvgIpc) is 2.70. The summed E-state index contributed by atoms with van der Waals surface area (Å²) in [6, 6.07) is 10.5. The lowest BCUT2D eigenvalue weighted by molar-refractivity contribution is -0.144. The van der Waals surface area contributed by atoms with Crippen molar-refractivity contribution < 1.29 is 14.3 Å². The van der Waals surface area contributed by atoms with Gasteiger partial charge in [0.15, 0.2) is 0 Å². The number of unbranched alkanes of at least 4 members (excludes halogenated alkanes) is 1. The van der Waals surface area contributed by atoms with Gasteiger partial charge in [0.25, 0.3) is 0 Å². The molecular formula is C25H35NO3. The second-order valence-electron chi connectivity index (χ2n) is 8.16. The van der Waals surface area contributed by atoms with Crippen molar-refractivity contribution in [3.63, 3.8) is 0 Å². The van der Waals surface area contributed by atoms with Gasteiger partial charge >= 0.3 is 5.97 Å². The highest BCUT2D eigenvalue weighted by Gasteiger charge is 2.17. The molecule has 1 aliphatic rings.